The van der Waals surface area contributed by atoms with E-state index >= 15 is 0 Å². The highest BCUT2D eigenvalue weighted by Gasteiger charge is 2.22. The van der Waals surface area contributed by atoms with Crippen LogP contribution >= 0.6 is 0 Å². The summed E-state index contributed by atoms with van der Waals surface area (Å²) in [5, 5.41) is 6.99. The molecule has 32 heavy (non-hydrogen) atoms. The van der Waals surface area contributed by atoms with Crippen LogP contribution in [-0.4, -0.2) is 63.2 Å². The molecule has 0 spiro atoms. The van der Waals surface area contributed by atoms with Gasteiger partial charge in [0.15, 0.2) is 5.96 Å². The van der Waals surface area contributed by atoms with E-state index in [1.165, 1.54) is 24.8 Å². The normalized spacial score (nSPS) is 15.8. The lowest BCUT2D eigenvalue weighted by Gasteiger charge is -2.35. The minimum Gasteiger partial charge on any atom is -0.497 e. The van der Waals surface area contributed by atoms with Gasteiger partial charge in [-0.3, -0.25) is 4.90 Å². The molecule has 2 N–H and O–H groups in total. The third-order valence-corrected chi connectivity index (χ3v) is 5.84. The highest BCUT2D eigenvalue weighted by atomic mass is 16.5. The SMILES string of the molecule is CCNC(=NCc1cccnc1N(C)C)NCC(c1ccc(OC)cc1)N1CCCCC1. The quantitative estimate of drug-likeness (QED) is 0.462. The number of likely N-dealkylation sites (tertiary alicyclic amines) is 1. The van der Waals surface area contributed by atoms with Crippen LogP contribution in [0.15, 0.2) is 47.6 Å². The molecule has 2 heterocycles. The topological polar surface area (TPSA) is 65.0 Å². The van der Waals surface area contributed by atoms with Crippen LogP contribution < -0.4 is 20.3 Å². The number of guanidine groups is 1. The number of nitrogens with zero attached hydrogens (tertiary/aromatic N) is 4. The van der Waals surface area contributed by atoms with Crippen LogP contribution in [0.4, 0.5) is 5.82 Å². The van der Waals surface area contributed by atoms with Crippen molar-refractivity contribution in [2.75, 3.05) is 52.3 Å². The average molecular weight is 439 g/mol. The summed E-state index contributed by atoms with van der Waals surface area (Å²) in [5.74, 6) is 2.68. The van der Waals surface area contributed by atoms with Gasteiger partial charge in [-0.15, -0.1) is 0 Å². The zero-order valence-electron chi connectivity index (χ0n) is 20.0. The van der Waals surface area contributed by atoms with Crippen LogP contribution in [-0.2, 0) is 6.54 Å². The molecule has 1 aliphatic rings. The zero-order chi connectivity index (χ0) is 22.8. The lowest BCUT2D eigenvalue weighted by atomic mass is 10.0. The first-order valence-electron chi connectivity index (χ1n) is 11.6. The van der Waals surface area contributed by atoms with Gasteiger partial charge in [-0.2, -0.15) is 0 Å². The maximum Gasteiger partial charge on any atom is 0.191 e. The highest BCUT2D eigenvalue weighted by Crippen LogP contribution is 2.26. The van der Waals surface area contributed by atoms with Crippen LogP contribution in [0.5, 0.6) is 5.75 Å². The average Bonchev–Trinajstić information content (AvgIpc) is 2.83. The Morgan fingerprint density at radius 1 is 1.12 bits per heavy atom. The molecule has 1 aliphatic heterocycles. The summed E-state index contributed by atoms with van der Waals surface area (Å²) in [7, 11) is 5.73. The Morgan fingerprint density at radius 2 is 1.88 bits per heavy atom. The number of nitrogens with one attached hydrogen (secondary N) is 2. The zero-order valence-corrected chi connectivity index (χ0v) is 20.0. The van der Waals surface area contributed by atoms with Gasteiger partial charge < -0.3 is 20.3 Å². The summed E-state index contributed by atoms with van der Waals surface area (Å²) in [5.41, 5.74) is 2.41. The number of hydrogen-bond acceptors (Lipinski definition) is 5. The van der Waals surface area contributed by atoms with E-state index < -0.39 is 0 Å². The molecule has 174 valence electrons. The molecule has 7 heteroatoms. The fourth-order valence-electron chi connectivity index (χ4n) is 4.17. The van der Waals surface area contributed by atoms with E-state index in [9.17, 15) is 0 Å². The van der Waals surface area contributed by atoms with Gasteiger partial charge in [0.2, 0.25) is 0 Å². The van der Waals surface area contributed by atoms with Gasteiger partial charge in [-0.1, -0.05) is 24.6 Å². The fraction of sp³-hybridized carbons (Fsp3) is 0.520. The van der Waals surface area contributed by atoms with Crippen molar-refractivity contribution in [1.82, 2.24) is 20.5 Å². The van der Waals surface area contributed by atoms with Crippen molar-refractivity contribution in [3.8, 4) is 5.75 Å². The van der Waals surface area contributed by atoms with E-state index in [0.717, 1.165) is 49.3 Å². The Morgan fingerprint density at radius 3 is 2.53 bits per heavy atom. The number of piperidine rings is 1. The van der Waals surface area contributed by atoms with Crippen LogP contribution in [0.25, 0.3) is 0 Å². The molecule has 0 bridgehead atoms. The first-order valence-corrected chi connectivity index (χ1v) is 11.6. The Bertz CT molecular complexity index is 846. The second kappa shape index (κ2) is 12.3. The van der Waals surface area contributed by atoms with E-state index in [0.29, 0.717) is 12.6 Å². The first kappa shape index (κ1) is 23.9. The minimum absolute atomic E-state index is 0.292. The molecule has 3 rings (SSSR count). The predicted molar refractivity (Wildman–Crippen MR) is 133 cm³/mol. The van der Waals surface area contributed by atoms with Gasteiger partial charge in [0.25, 0.3) is 0 Å². The predicted octanol–water partition coefficient (Wildman–Crippen LogP) is 3.44. The van der Waals surface area contributed by atoms with Gasteiger partial charge >= 0.3 is 0 Å². The second-order valence-corrected chi connectivity index (χ2v) is 8.34. The van der Waals surface area contributed by atoms with Crippen molar-refractivity contribution >= 4 is 11.8 Å². The minimum atomic E-state index is 0.292. The number of anilines is 1. The van der Waals surface area contributed by atoms with Crippen molar-refractivity contribution < 1.29 is 4.74 Å². The Hall–Kier alpha value is -2.80. The van der Waals surface area contributed by atoms with Crippen molar-refractivity contribution in [3.63, 3.8) is 0 Å². The number of rotatable bonds is 9. The molecule has 7 nitrogen and oxygen atoms in total. The van der Waals surface area contributed by atoms with Crippen LogP contribution in [0, 0.1) is 0 Å². The van der Waals surface area contributed by atoms with Gasteiger partial charge in [-0.05, 0) is 56.6 Å². The van der Waals surface area contributed by atoms with Crippen LogP contribution in [0.3, 0.4) is 0 Å². The second-order valence-electron chi connectivity index (χ2n) is 8.34. The largest absolute Gasteiger partial charge is 0.497 e. The monoisotopic (exact) mass is 438 g/mol. The van der Waals surface area contributed by atoms with Crippen molar-refractivity contribution in [2.24, 2.45) is 4.99 Å². The lowest BCUT2D eigenvalue weighted by molar-refractivity contribution is 0.164. The molecule has 1 aromatic carbocycles. The van der Waals surface area contributed by atoms with E-state index in [2.05, 4.69) is 57.8 Å². The Balaban J connectivity index is 1.74. The third-order valence-electron chi connectivity index (χ3n) is 5.84. The van der Waals surface area contributed by atoms with Crippen molar-refractivity contribution in [2.45, 2.75) is 38.8 Å². The Labute approximate surface area is 192 Å². The number of pyridine rings is 1. The summed E-state index contributed by atoms with van der Waals surface area (Å²) >= 11 is 0. The van der Waals surface area contributed by atoms with E-state index in [1.54, 1.807) is 7.11 Å². The Kier molecular flexibility index (Phi) is 9.16. The molecule has 0 aliphatic carbocycles. The number of ether oxygens (including phenoxy) is 1. The molecule has 2 aromatic rings. The van der Waals surface area contributed by atoms with Crippen molar-refractivity contribution in [1.29, 1.82) is 0 Å². The van der Waals surface area contributed by atoms with E-state index in [1.807, 2.05) is 31.3 Å². The van der Waals surface area contributed by atoms with Gasteiger partial charge in [0, 0.05) is 38.9 Å². The highest BCUT2D eigenvalue weighted by molar-refractivity contribution is 5.79. The molecule has 1 unspecified atom stereocenters. The standard InChI is InChI=1S/C25H38N6O/c1-5-26-25(28-18-21-10-9-15-27-24(21)30(2)3)29-19-23(31-16-7-6-8-17-31)20-11-13-22(32-4)14-12-20/h9-15,23H,5-8,16-19H2,1-4H3,(H2,26,28,29). The maximum atomic E-state index is 5.36. The number of aromatic nitrogens is 1. The van der Waals surface area contributed by atoms with Crippen LogP contribution in [0.1, 0.15) is 43.4 Å². The molecule has 0 saturated carbocycles. The summed E-state index contributed by atoms with van der Waals surface area (Å²) in [4.78, 5) is 14.0. The summed E-state index contributed by atoms with van der Waals surface area (Å²) in [6, 6.07) is 12.8. The summed E-state index contributed by atoms with van der Waals surface area (Å²) in [6.07, 6.45) is 5.66. The smallest absolute Gasteiger partial charge is 0.191 e. The molecular weight excluding hydrogens is 400 g/mol. The number of hydrogen-bond donors (Lipinski definition) is 2. The number of aliphatic imine (C=N–C) groups is 1. The molecule has 1 fully saturated rings. The first-order chi connectivity index (χ1) is 15.6. The maximum absolute atomic E-state index is 5.36. The van der Waals surface area contributed by atoms with Gasteiger partial charge in [-0.25, -0.2) is 9.98 Å². The molecule has 1 aromatic heterocycles. The number of benzene rings is 1. The summed E-state index contributed by atoms with van der Waals surface area (Å²) in [6.45, 7) is 6.55. The van der Waals surface area contributed by atoms with Gasteiger partial charge in [0.1, 0.15) is 11.6 Å². The van der Waals surface area contributed by atoms with E-state index in [4.69, 9.17) is 9.73 Å². The fourth-order valence-corrected chi connectivity index (χ4v) is 4.17. The molecule has 0 radical (unpaired) electrons. The molecule has 0 amide bonds. The number of methoxy groups -OCH3 is 1. The third kappa shape index (κ3) is 6.60. The molecule has 1 saturated heterocycles. The molecule has 1 atom stereocenters. The van der Waals surface area contributed by atoms with Crippen LogP contribution in [0.2, 0.25) is 0 Å². The van der Waals surface area contributed by atoms with Crippen molar-refractivity contribution in [3.05, 3.63) is 53.7 Å². The summed E-state index contributed by atoms with van der Waals surface area (Å²) < 4.78 is 5.36. The molecular formula is C25H38N6O. The lowest BCUT2D eigenvalue weighted by Crippen LogP contribution is -2.44. The van der Waals surface area contributed by atoms with Gasteiger partial charge in [0.05, 0.1) is 19.7 Å². The van der Waals surface area contributed by atoms with E-state index in [-0.39, 0.29) is 0 Å².